The first-order valence-corrected chi connectivity index (χ1v) is 5.71. The van der Waals surface area contributed by atoms with Gasteiger partial charge in [-0.05, 0) is 12.1 Å². The third kappa shape index (κ3) is 1.67. The molecule has 0 amide bonds. The number of carbonyl (C=O) groups is 1. The maximum atomic E-state index is 13.7. The van der Waals surface area contributed by atoms with Crippen LogP contribution in [-0.4, -0.2) is 25.0 Å². The Bertz CT molecular complexity index is 815. The van der Waals surface area contributed by atoms with E-state index < -0.39 is 17.6 Å². The largest absolute Gasteiger partial charge is 0.477 e. The summed E-state index contributed by atoms with van der Waals surface area (Å²) in [5.41, 5.74) is -0.0794. The Morgan fingerprint density at radius 1 is 1.25 bits per heavy atom. The minimum Gasteiger partial charge on any atom is -0.477 e. The fraction of sp³-hybridized carbons (Fsp3) is 0.0769. The Kier molecular flexibility index (Phi) is 2.56. The highest BCUT2D eigenvalue weighted by Gasteiger charge is 2.18. The van der Waals surface area contributed by atoms with E-state index in [1.54, 1.807) is 0 Å². The lowest BCUT2D eigenvalue weighted by Crippen LogP contribution is -2.04. The molecule has 0 saturated heterocycles. The molecule has 0 spiro atoms. The zero-order chi connectivity index (χ0) is 14.4. The molecule has 1 aromatic carbocycles. The number of hydrogen-bond acceptors (Lipinski definition) is 2. The van der Waals surface area contributed by atoms with E-state index in [1.807, 2.05) is 0 Å². The van der Waals surface area contributed by atoms with E-state index in [0.717, 1.165) is 12.1 Å². The monoisotopic (exact) mass is 277 g/mol. The second-order valence-electron chi connectivity index (χ2n) is 4.31. The average molecular weight is 277 g/mol. The van der Waals surface area contributed by atoms with Crippen LogP contribution in [0.3, 0.4) is 0 Å². The summed E-state index contributed by atoms with van der Waals surface area (Å²) < 4.78 is 30.1. The number of aromatic nitrogens is 3. The number of carboxylic acids is 1. The van der Waals surface area contributed by atoms with Gasteiger partial charge in [0, 0.05) is 19.4 Å². The molecule has 0 fully saturated rings. The van der Waals surface area contributed by atoms with Gasteiger partial charge in [0.25, 0.3) is 0 Å². The summed E-state index contributed by atoms with van der Waals surface area (Å²) >= 11 is 0. The standard InChI is InChI=1S/C13H9F2N3O2/c1-17-10(12(19)20)6-18-5-9(16-13(17)18)11-7(14)3-2-4-8(11)15/h2-6H,1H3,(H,19,20). The molecule has 2 aromatic heterocycles. The summed E-state index contributed by atoms with van der Waals surface area (Å²) in [5, 5.41) is 8.98. The lowest BCUT2D eigenvalue weighted by atomic mass is 10.1. The maximum Gasteiger partial charge on any atom is 0.354 e. The van der Waals surface area contributed by atoms with Crippen LogP contribution in [0.2, 0.25) is 0 Å². The fourth-order valence-corrected chi connectivity index (χ4v) is 2.11. The van der Waals surface area contributed by atoms with E-state index >= 15 is 0 Å². The Morgan fingerprint density at radius 2 is 1.90 bits per heavy atom. The number of carboxylic acid groups (broad SMARTS) is 1. The summed E-state index contributed by atoms with van der Waals surface area (Å²) in [4.78, 5) is 15.1. The van der Waals surface area contributed by atoms with Crippen molar-refractivity contribution < 1.29 is 18.7 Å². The van der Waals surface area contributed by atoms with Crippen LogP contribution in [-0.2, 0) is 7.05 Å². The smallest absolute Gasteiger partial charge is 0.354 e. The average Bonchev–Trinajstić information content (AvgIpc) is 2.89. The second kappa shape index (κ2) is 4.16. The van der Waals surface area contributed by atoms with Crippen LogP contribution >= 0.6 is 0 Å². The molecule has 0 aliphatic heterocycles. The van der Waals surface area contributed by atoms with E-state index in [-0.39, 0.29) is 17.0 Å². The number of fused-ring (bicyclic) bond motifs is 1. The van der Waals surface area contributed by atoms with E-state index in [0.29, 0.717) is 5.78 Å². The van der Waals surface area contributed by atoms with E-state index in [4.69, 9.17) is 5.11 Å². The van der Waals surface area contributed by atoms with Crippen molar-refractivity contribution in [1.29, 1.82) is 0 Å². The summed E-state index contributed by atoms with van der Waals surface area (Å²) in [6.45, 7) is 0. The first-order chi connectivity index (χ1) is 9.49. The molecule has 0 atom stereocenters. The van der Waals surface area contributed by atoms with Crippen molar-refractivity contribution in [2.24, 2.45) is 7.05 Å². The number of hydrogen-bond donors (Lipinski definition) is 1. The number of aryl methyl sites for hydroxylation is 1. The third-order valence-corrected chi connectivity index (χ3v) is 3.07. The minimum absolute atomic E-state index is 0.0352. The molecule has 20 heavy (non-hydrogen) atoms. The van der Waals surface area contributed by atoms with Crippen LogP contribution < -0.4 is 0 Å². The van der Waals surface area contributed by atoms with Crippen LogP contribution in [0.15, 0.2) is 30.6 Å². The highest BCUT2D eigenvalue weighted by molar-refractivity contribution is 5.86. The van der Waals surface area contributed by atoms with Gasteiger partial charge in [0.1, 0.15) is 17.3 Å². The van der Waals surface area contributed by atoms with Gasteiger partial charge in [-0.2, -0.15) is 0 Å². The Hall–Kier alpha value is -2.70. The number of aromatic carboxylic acids is 1. The van der Waals surface area contributed by atoms with Gasteiger partial charge in [0.05, 0.1) is 11.3 Å². The molecule has 1 N–H and O–H groups in total. The number of nitrogens with zero attached hydrogens (tertiary/aromatic N) is 3. The minimum atomic E-state index is -1.10. The molecule has 0 saturated carbocycles. The van der Waals surface area contributed by atoms with Gasteiger partial charge in [0.2, 0.25) is 5.78 Å². The highest BCUT2D eigenvalue weighted by atomic mass is 19.1. The van der Waals surface area contributed by atoms with Crippen LogP contribution in [0.4, 0.5) is 8.78 Å². The van der Waals surface area contributed by atoms with Crippen molar-refractivity contribution in [1.82, 2.24) is 14.0 Å². The van der Waals surface area contributed by atoms with Crippen molar-refractivity contribution >= 4 is 11.7 Å². The maximum absolute atomic E-state index is 13.7. The first-order valence-electron chi connectivity index (χ1n) is 5.71. The predicted octanol–water partition coefficient (Wildman–Crippen LogP) is 2.32. The SMILES string of the molecule is Cn1c(C(=O)O)cn2cc(-c3c(F)cccc3F)nc12. The Balaban J connectivity index is 2.22. The van der Waals surface area contributed by atoms with Crippen molar-refractivity contribution in [3.63, 3.8) is 0 Å². The molecule has 0 unspecified atom stereocenters. The number of imidazole rings is 2. The summed E-state index contributed by atoms with van der Waals surface area (Å²) in [6.07, 6.45) is 2.73. The Labute approximate surface area is 111 Å². The van der Waals surface area contributed by atoms with Crippen LogP contribution in [0, 0.1) is 11.6 Å². The third-order valence-electron chi connectivity index (χ3n) is 3.07. The summed E-state index contributed by atoms with van der Waals surface area (Å²) in [7, 11) is 1.52. The van der Waals surface area contributed by atoms with Gasteiger partial charge in [-0.25, -0.2) is 18.6 Å². The molecule has 0 bridgehead atoms. The number of halogens is 2. The molecule has 0 aliphatic rings. The van der Waals surface area contributed by atoms with E-state index in [2.05, 4.69) is 4.98 Å². The predicted molar refractivity (Wildman–Crippen MR) is 66.5 cm³/mol. The zero-order valence-electron chi connectivity index (χ0n) is 10.3. The zero-order valence-corrected chi connectivity index (χ0v) is 10.3. The molecule has 102 valence electrons. The van der Waals surface area contributed by atoms with Crippen LogP contribution in [0.5, 0.6) is 0 Å². The van der Waals surface area contributed by atoms with Gasteiger partial charge in [0.15, 0.2) is 0 Å². The topological polar surface area (TPSA) is 59.5 Å². The van der Waals surface area contributed by atoms with Crippen LogP contribution in [0.1, 0.15) is 10.5 Å². The molecular formula is C13H9F2N3O2. The van der Waals surface area contributed by atoms with Gasteiger partial charge in [-0.1, -0.05) is 6.07 Å². The van der Waals surface area contributed by atoms with Crippen LogP contribution in [0.25, 0.3) is 17.0 Å². The van der Waals surface area contributed by atoms with E-state index in [9.17, 15) is 13.6 Å². The first kappa shape index (κ1) is 12.3. The van der Waals surface area contributed by atoms with Crippen molar-refractivity contribution in [2.45, 2.75) is 0 Å². The Morgan fingerprint density at radius 3 is 2.45 bits per heavy atom. The molecule has 0 radical (unpaired) electrons. The molecule has 7 heteroatoms. The van der Waals surface area contributed by atoms with Crippen molar-refractivity contribution in [2.75, 3.05) is 0 Å². The fourth-order valence-electron chi connectivity index (χ4n) is 2.11. The van der Waals surface area contributed by atoms with Gasteiger partial charge >= 0.3 is 5.97 Å². The molecule has 2 heterocycles. The van der Waals surface area contributed by atoms with Gasteiger partial charge in [-0.3, -0.25) is 4.40 Å². The second-order valence-corrected chi connectivity index (χ2v) is 4.31. The van der Waals surface area contributed by atoms with Crippen molar-refractivity contribution in [3.05, 3.63) is 47.9 Å². The number of rotatable bonds is 2. The molecular weight excluding hydrogens is 268 g/mol. The molecule has 0 aliphatic carbocycles. The molecule has 3 rings (SSSR count). The lowest BCUT2D eigenvalue weighted by molar-refractivity contribution is 0.0686. The van der Waals surface area contributed by atoms with Gasteiger partial charge < -0.3 is 9.67 Å². The summed E-state index contributed by atoms with van der Waals surface area (Å²) in [6, 6.07) is 3.56. The van der Waals surface area contributed by atoms with E-state index in [1.165, 1.54) is 34.5 Å². The lowest BCUT2D eigenvalue weighted by Gasteiger charge is -2.00. The normalized spacial score (nSPS) is 11.2. The molecule has 3 aromatic rings. The van der Waals surface area contributed by atoms with Gasteiger partial charge in [-0.15, -0.1) is 0 Å². The molecule has 5 nitrogen and oxygen atoms in total. The quantitative estimate of drug-likeness (QED) is 0.782. The summed E-state index contributed by atoms with van der Waals surface area (Å²) in [5.74, 6) is -2.24. The highest BCUT2D eigenvalue weighted by Crippen LogP contribution is 2.26. The van der Waals surface area contributed by atoms with Crippen molar-refractivity contribution in [3.8, 4) is 11.3 Å². The number of benzene rings is 1.